The normalized spacial score (nSPS) is 12.5. The van der Waals surface area contributed by atoms with Gasteiger partial charge in [-0.1, -0.05) is 57.9 Å². The van der Waals surface area contributed by atoms with E-state index in [0.29, 0.717) is 11.4 Å². The van der Waals surface area contributed by atoms with Crippen molar-refractivity contribution in [2.24, 2.45) is 0 Å². The second kappa shape index (κ2) is 6.14. The number of aromatic nitrogens is 1. The molecule has 1 N–H and O–H groups in total. The van der Waals surface area contributed by atoms with Crippen LogP contribution in [0.5, 0.6) is 0 Å². The topological polar surface area (TPSA) is 33.1 Å². The van der Waals surface area contributed by atoms with E-state index in [1.165, 1.54) is 0 Å². The zero-order valence-corrected chi connectivity index (χ0v) is 13.5. The molecule has 4 heteroatoms. The maximum Gasteiger partial charge on any atom is 0.0851 e. The summed E-state index contributed by atoms with van der Waals surface area (Å²) >= 11 is 9.61. The Morgan fingerprint density at radius 3 is 2.76 bits per heavy atom. The molecule has 0 bridgehead atoms. The third-order valence-electron chi connectivity index (χ3n) is 3.45. The largest absolute Gasteiger partial charge is 0.388 e. The zero-order valence-electron chi connectivity index (χ0n) is 11.1. The molecule has 21 heavy (non-hydrogen) atoms. The highest BCUT2D eigenvalue weighted by Gasteiger charge is 2.14. The highest BCUT2D eigenvalue weighted by atomic mass is 79.9. The van der Waals surface area contributed by atoms with E-state index in [1.54, 1.807) is 6.20 Å². The van der Waals surface area contributed by atoms with E-state index >= 15 is 0 Å². The predicted octanol–water partition coefficient (Wildman–Crippen LogP) is 4.93. The summed E-state index contributed by atoms with van der Waals surface area (Å²) in [5.74, 6) is 0. The number of pyridine rings is 1. The fraction of sp³-hybridized carbons (Fsp3) is 0.118. The molecule has 0 aliphatic carbocycles. The van der Waals surface area contributed by atoms with Gasteiger partial charge in [0.1, 0.15) is 0 Å². The van der Waals surface area contributed by atoms with Crippen molar-refractivity contribution in [2.45, 2.75) is 12.5 Å². The molecule has 3 rings (SSSR count). The fourth-order valence-electron chi connectivity index (χ4n) is 2.40. The van der Waals surface area contributed by atoms with Crippen molar-refractivity contribution in [3.8, 4) is 0 Å². The van der Waals surface area contributed by atoms with Crippen LogP contribution < -0.4 is 0 Å². The molecule has 0 radical (unpaired) electrons. The molecule has 0 spiro atoms. The molecular formula is C17H13BrClNO. The van der Waals surface area contributed by atoms with Crippen LogP contribution in [-0.2, 0) is 6.42 Å². The van der Waals surface area contributed by atoms with Gasteiger partial charge in [0.25, 0.3) is 0 Å². The van der Waals surface area contributed by atoms with Crippen LogP contribution in [0.25, 0.3) is 10.9 Å². The fourth-order valence-corrected chi connectivity index (χ4v) is 3.15. The lowest BCUT2D eigenvalue weighted by Crippen LogP contribution is -2.04. The summed E-state index contributed by atoms with van der Waals surface area (Å²) in [7, 11) is 0. The Balaban J connectivity index is 1.95. The molecule has 1 heterocycles. The van der Waals surface area contributed by atoms with Crippen LogP contribution in [0, 0.1) is 0 Å². The molecule has 2 aromatic carbocycles. The standard InChI is InChI=1S/C17H13BrClNO/c18-13-7-6-12(15(19)10-13)9-16(21)14-5-1-3-11-4-2-8-20-17(11)14/h1-8,10,16,21H,9H2. The summed E-state index contributed by atoms with van der Waals surface area (Å²) in [6.45, 7) is 0. The summed E-state index contributed by atoms with van der Waals surface area (Å²) in [6.07, 6.45) is 1.56. The van der Waals surface area contributed by atoms with Gasteiger partial charge in [0.05, 0.1) is 11.6 Å². The van der Waals surface area contributed by atoms with E-state index in [2.05, 4.69) is 20.9 Å². The molecule has 1 atom stereocenters. The molecule has 106 valence electrons. The van der Waals surface area contributed by atoms with Gasteiger partial charge in [-0.2, -0.15) is 0 Å². The van der Waals surface area contributed by atoms with Gasteiger partial charge in [-0.05, 0) is 23.8 Å². The van der Waals surface area contributed by atoms with Crippen molar-refractivity contribution in [3.63, 3.8) is 0 Å². The van der Waals surface area contributed by atoms with Crippen molar-refractivity contribution in [1.82, 2.24) is 4.98 Å². The van der Waals surface area contributed by atoms with E-state index < -0.39 is 6.10 Å². The van der Waals surface area contributed by atoms with E-state index in [9.17, 15) is 5.11 Å². The molecular weight excluding hydrogens is 350 g/mol. The van der Waals surface area contributed by atoms with Crippen molar-refractivity contribution in [2.75, 3.05) is 0 Å². The van der Waals surface area contributed by atoms with Crippen molar-refractivity contribution >= 4 is 38.4 Å². The molecule has 2 nitrogen and oxygen atoms in total. The number of aliphatic hydroxyl groups excluding tert-OH is 1. The van der Waals surface area contributed by atoms with Crippen LogP contribution in [0.3, 0.4) is 0 Å². The minimum atomic E-state index is -0.637. The first-order valence-electron chi connectivity index (χ1n) is 6.61. The summed E-state index contributed by atoms with van der Waals surface area (Å²) in [5, 5.41) is 12.2. The quantitative estimate of drug-likeness (QED) is 0.717. The molecule has 3 aromatic rings. The molecule has 1 unspecified atom stereocenters. The second-order valence-electron chi connectivity index (χ2n) is 4.88. The third kappa shape index (κ3) is 3.10. The molecule has 0 saturated heterocycles. The number of rotatable bonds is 3. The molecule has 1 aromatic heterocycles. The van der Waals surface area contributed by atoms with Gasteiger partial charge in [-0.3, -0.25) is 4.98 Å². The van der Waals surface area contributed by atoms with Crippen LogP contribution in [0.15, 0.2) is 59.2 Å². The number of benzene rings is 2. The van der Waals surface area contributed by atoms with Gasteiger partial charge in [0.2, 0.25) is 0 Å². The number of hydrogen-bond donors (Lipinski definition) is 1. The van der Waals surface area contributed by atoms with Crippen LogP contribution >= 0.6 is 27.5 Å². The van der Waals surface area contributed by atoms with Crippen LogP contribution in [-0.4, -0.2) is 10.1 Å². The number of aliphatic hydroxyl groups is 1. The maximum atomic E-state index is 10.6. The Bertz CT molecular complexity index is 785. The van der Waals surface area contributed by atoms with Crippen molar-refractivity contribution in [3.05, 3.63) is 75.4 Å². The second-order valence-corrected chi connectivity index (χ2v) is 6.20. The summed E-state index contributed by atoms with van der Waals surface area (Å²) in [5.41, 5.74) is 2.58. The lowest BCUT2D eigenvalue weighted by atomic mass is 9.99. The van der Waals surface area contributed by atoms with Gasteiger partial charge < -0.3 is 5.11 Å². The number of nitrogens with zero attached hydrogens (tertiary/aromatic N) is 1. The highest BCUT2D eigenvalue weighted by Crippen LogP contribution is 2.29. The van der Waals surface area contributed by atoms with E-state index in [-0.39, 0.29) is 0 Å². The SMILES string of the molecule is OC(Cc1ccc(Br)cc1Cl)c1cccc2cccnc12. The highest BCUT2D eigenvalue weighted by molar-refractivity contribution is 9.10. The van der Waals surface area contributed by atoms with E-state index in [4.69, 9.17) is 11.6 Å². The lowest BCUT2D eigenvalue weighted by molar-refractivity contribution is 0.180. The minimum absolute atomic E-state index is 0.460. The van der Waals surface area contributed by atoms with Gasteiger partial charge in [0, 0.05) is 33.1 Å². The Labute approximate surface area is 136 Å². The molecule has 0 aliphatic rings. The minimum Gasteiger partial charge on any atom is -0.388 e. The first-order valence-corrected chi connectivity index (χ1v) is 7.78. The van der Waals surface area contributed by atoms with Crippen LogP contribution in [0.4, 0.5) is 0 Å². The molecule has 0 saturated carbocycles. The third-order valence-corrected chi connectivity index (χ3v) is 4.30. The number of hydrogen-bond acceptors (Lipinski definition) is 2. The lowest BCUT2D eigenvalue weighted by Gasteiger charge is -2.14. The average Bonchev–Trinajstić information content (AvgIpc) is 2.49. The molecule has 0 amide bonds. The zero-order chi connectivity index (χ0) is 14.8. The number of fused-ring (bicyclic) bond motifs is 1. The van der Waals surface area contributed by atoms with Crippen molar-refractivity contribution in [1.29, 1.82) is 0 Å². The smallest absolute Gasteiger partial charge is 0.0851 e. The maximum absolute atomic E-state index is 10.6. The van der Waals surface area contributed by atoms with E-state index in [1.807, 2.05) is 48.5 Å². The monoisotopic (exact) mass is 361 g/mol. The Kier molecular flexibility index (Phi) is 4.24. The Hall–Kier alpha value is -1.42. The predicted molar refractivity (Wildman–Crippen MR) is 89.6 cm³/mol. The van der Waals surface area contributed by atoms with E-state index in [0.717, 1.165) is 26.5 Å². The molecule has 0 fully saturated rings. The first-order chi connectivity index (χ1) is 10.1. The summed E-state index contributed by atoms with van der Waals surface area (Å²) in [4.78, 5) is 4.38. The summed E-state index contributed by atoms with van der Waals surface area (Å²) in [6, 6.07) is 15.4. The number of para-hydroxylation sites is 1. The van der Waals surface area contributed by atoms with Crippen LogP contribution in [0.1, 0.15) is 17.2 Å². The summed E-state index contributed by atoms with van der Waals surface area (Å²) < 4.78 is 0.928. The first kappa shape index (κ1) is 14.5. The van der Waals surface area contributed by atoms with Crippen molar-refractivity contribution < 1.29 is 5.11 Å². The van der Waals surface area contributed by atoms with Gasteiger partial charge in [0.15, 0.2) is 0 Å². The van der Waals surface area contributed by atoms with Gasteiger partial charge in [-0.25, -0.2) is 0 Å². The van der Waals surface area contributed by atoms with Crippen LogP contribution in [0.2, 0.25) is 5.02 Å². The average molecular weight is 363 g/mol. The van der Waals surface area contributed by atoms with Gasteiger partial charge in [-0.15, -0.1) is 0 Å². The number of halogens is 2. The Morgan fingerprint density at radius 2 is 1.95 bits per heavy atom. The molecule has 0 aliphatic heterocycles. The Morgan fingerprint density at radius 1 is 1.14 bits per heavy atom. The van der Waals surface area contributed by atoms with Gasteiger partial charge >= 0.3 is 0 Å².